The molecule has 0 atom stereocenters. The number of carbonyl (C=O) groups is 2. The van der Waals surface area contributed by atoms with Crippen molar-refractivity contribution >= 4 is 17.5 Å². The molecular weight excluding hydrogens is 356 g/mol. The number of benzene rings is 3. The first-order valence-corrected chi connectivity index (χ1v) is 8.70. The summed E-state index contributed by atoms with van der Waals surface area (Å²) in [6, 6.07) is 23.4. The van der Waals surface area contributed by atoms with Gasteiger partial charge in [-0.15, -0.1) is 0 Å². The zero-order chi connectivity index (χ0) is 19.8. The molecule has 0 unspecified atom stereocenters. The van der Waals surface area contributed by atoms with Crippen LogP contribution in [-0.2, 0) is 11.4 Å². The maximum absolute atomic E-state index is 12.1. The van der Waals surface area contributed by atoms with E-state index in [1.165, 1.54) is 0 Å². The molecule has 28 heavy (non-hydrogen) atoms. The quantitative estimate of drug-likeness (QED) is 0.631. The zero-order valence-corrected chi connectivity index (χ0v) is 15.1. The Bertz CT molecular complexity index is 940. The molecule has 0 aromatic heterocycles. The smallest absolute Gasteiger partial charge is 0.262 e. The van der Waals surface area contributed by atoms with E-state index in [1.54, 1.807) is 48.5 Å². The first-order valence-electron chi connectivity index (χ1n) is 8.70. The molecule has 6 nitrogen and oxygen atoms in total. The van der Waals surface area contributed by atoms with Gasteiger partial charge in [0, 0.05) is 5.69 Å². The number of nitrogens with one attached hydrogen (secondary N) is 1. The van der Waals surface area contributed by atoms with Gasteiger partial charge in [0.15, 0.2) is 6.61 Å². The van der Waals surface area contributed by atoms with Crippen LogP contribution in [0.25, 0.3) is 0 Å². The summed E-state index contributed by atoms with van der Waals surface area (Å²) in [6.45, 7) is 0.232. The number of ether oxygens (including phenoxy) is 2. The number of nitrogens with two attached hydrogens (primary N) is 1. The molecule has 0 heterocycles. The molecule has 142 valence electrons. The van der Waals surface area contributed by atoms with Crippen LogP contribution < -0.4 is 20.5 Å². The van der Waals surface area contributed by atoms with E-state index in [4.69, 9.17) is 15.2 Å². The monoisotopic (exact) mass is 376 g/mol. The maximum Gasteiger partial charge on any atom is 0.262 e. The molecule has 0 fully saturated rings. The molecule has 0 spiro atoms. The Balaban J connectivity index is 1.50. The summed E-state index contributed by atoms with van der Waals surface area (Å²) in [6.07, 6.45) is 0. The number of hydrogen-bond acceptors (Lipinski definition) is 4. The number of primary amides is 1. The lowest BCUT2D eigenvalue weighted by molar-refractivity contribution is -0.118. The molecule has 0 saturated carbocycles. The number of carbonyl (C=O) groups excluding carboxylic acids is 2. The molecule has 6 heteroatoms. The third-order valence-corrected chi connectivity index (χ3v) is 3.90. The lowest BCUT2D eigenvalue weighted by Crippen LogP contribution is -2.21. The van der Waals surface area contributed by atoms with Crippen molar-refractivity contribution in [3.05, 3.63) is 90.0 Å². The summed E-state index contributed by atoms with van der Waals surface area (Å²) in [5.41, 5.74) is 7.21. The molecular formula is C22H20N2O4. The minimum Gasteiger partial charge on any atom is -0.489 e. The van der Waals surface area contributed by atoms with Gasteiger partial charge in [0.2, 0.25) is 0 Å². The number of rotatable bonds is 8. The van der Waals surface area contributed by atoms with Gasteiger partial charge < -0.3 is 20.5 Å². The van der Waals surface area contributed by atoms with E-state index in [1.807, 2.05) is 30.3 Å². The minimum atomic E-state index is -0.609. The first kappa shape index (κ1) is 19.0. The van der Waals surface area contributed by atoms with Gasteiger partial charge in [0.25, 0.3) is 11.8 Å². The summed E-state index contributed by atoms with van der Waals surface area (Å²) >= 11 is 0. The summed E-state index contributed by atoms with van der Waals surface area (Å²) < 4.78 is 11.1. The molecule has 3 aromatic rings. The second-order valence-corrected chi connectivity index (χ2v) is 6.00. The van der Waals surface area contributed by atoms with Crippen molar-refractivity contribution < 1.29 is 19.1 Å². The number of anilines is 1. The third kappa shape index (κ3) is 5.35. The molecule has 0 radical (unpaired) electrons. The van der Waals surface area contributed by atoms with Crippen LogP contribution in [0, 0.1) is 0 Å². The van der Waals surface area contributed by atoms with Crippen molar-refractivity contribution in [2.24, 2.45) is 5.73 Å². The standard InChI is InChI=1S/C22H20N2O4/c23-22(26)19-8-4-5-9-20(19)28-15-21(25)24-17-10-12-18(13-11-17)27-14-16-6-2-1-3-7-16/h1-13H,14-15H2,(H2,23,26)(H,24,25). The van der Waals surface area contributed by atoms with Crippen molar-refractivity contribution in [3.63, 3.8) is 0 Å². The average molecular weight is 376 g/mol. The molecule has 0 saturated heterocycles. The number of amides is 2. The van der Waals surface area contributed by atoms with Crippen molar-refractivity contribution in [3.8, 4) is 11.5 Å². The molecule has 0 aliphatic rings. The number of hydrogen-bond donors (Lipinski definition) is 2. The van der Waals surface area contributed by atoms with Crippen LogP contribution in [0.4, 0.5) is 5.69 Å². The zero-order valence-electron chi connectivity index (χ0n) is 15.1. The van der Waals surface area contributed by atoms with Gasteiger partial charge in [-0.05, 0) is 42.0 Å². The van der Waals surface area contributed by atoms with E-state index in [0.29, 0.717) is 18.0 Å². The van der Waals surface area contributed by atoms with Crippen LogP contribution in [-0.4, -0.2) is 18.4 Å². The molecule has 3 rings (SSSR count). The Morgan fingerprint density at radius 2 is 1.50 bits per heavy atom. The number of para-hydroxylation sites is 1. The lowest BCUT2D eigenvalue weighted by Gasteiger charge is -2.10. The lowest BCUT2D eigenvalue weighted by atomic mass is 10.2. The molecule has 0 aliphatic heterocycles. The van der Waals surface area contributed by atoms with Gasteiger partial charge in [-0.3, -0.25) is 9.59 Å². The summed E-state index contributed by atoms with van der Waals surface area (Å²) in [5.74, 6) is 0.0163. The van der Waals surface area contributed by atoms with Crippen LogP contribution in [0.15, 0.2) is 78.9 Å². The Kier molecular flexibility index (Phi) is 6.25. The van der Waals surface area contributed by atoms with Crippen molar-refractivity contribution in [1.82, 2.24) is 0 Å². The van der Waals surface area contributed by atoms with Crippen LogP contribution in [0.3, 0.4) is 0 Å². The van der Waals surface area contributed by atoms with Crippen LogP contribution in [0.1, 0.15) is 15.9 Å². The average Bonchev–Trinajstić information content (AvgIpc) is 2.72. The fourth-order valence-corrected chi connectivity index (χ4v) is 2.51. The van der Waals surface area contributed by atoms with E-state index in [0.717, 1.165) is 5.56 Å². The Morgan fingerprint density at radius 1 is 0.821 bits per heavy atom. The molecule has 3 aromatic carbocycles. The fourth-order valence-electron chi connectivity index (χ4n) is 2.51. The van der Waals surface area contributed by atoms with E-state index in [2.05, 4.69) is 5.32 Å². The van der Waals surface area contributed by atoms with Crippen molar-refractivity contribution in [1.29, 1.82) is 0 Å². The molecule has 0 bridgehead atoms. The van der Waals surface area contributed by atoms with E-state index < -0.39 is 5.91 Å². The van der Waals surface area contributed by atoms with Crippen LogP contribution >= 0.6 is 0 Å². The summed E-state index contributed by atoms with van der Waals surface area (Å²) in [5, 5.41) is 2.73. The van der Waals surface area contributed by atoms with Crippen LogP contribution in [0.2, 0.25) is 0 Å². The fraction of sp³-hybridized carbons (Fsp3) is 0.0909. The van der Waals surface area contributed by atoms with E-state index in [-0.39, 0.29) is 23.8 Å². The van der Waals surface area contributed by atoms with E-state index in [9.17, 15) is 9.59 Å². The van der Waals surface area contributed by atoms with Gasteiger partial charge in [-0.2, -0.15) is 0 Å². The van der Waals surface area contributed by atoms with Gasteiger partial charge in [0.05, 0.1) is 5.56 Å². The Morgan fingerprint density at radius 3 is 2.21 bits per heavy atom. The van der Waals surface area contributed by atoms with Crippen molar-refractivity contribution in [2.75, 3.05) is 11.9 Å². The second kappa shape index (κ2) is 9.23. The highest BCUT2D eigenvalue weighted by molar-refractivity contribution is 5.96. The van der Waals surface area contributed by atoms with Crippen molar-refractivity contribution in [2.45, 2.75) is 6.61 Å². The second-order valence-electron chi connectivity index (χ2n) is 6.00. The highest BCUT2D eigenvalue weighted by atomic mass is 16.5. The summed E-state index contributed by atoms with van der Waals surface area (Å²) in [4.78, 5) is 23.4. The predicted octanol–water partition coefficient (Wildman–Crippen LogP) is 3.38. The van der Waals surface area contributed by atoms with Gasteiger partial charge >= 0.3 is 0 Å². The van der Waals surface area contributed by atoms with Gasteiger partial charge in [-0.25, -0.2) is 0 Å². The first-order chi connectivity index (χ1) is 13.6. The van der Waals surface area contributed by atoms with E-state index >= 15 is 0 Å². The topological polar surface area (TPSA) is 90.7 Å². The molecule has 0 aliphatic carbocycles. The highest BCUT2D eigenvalue weighted by Gasteiger charge is 2.10. The molecule has 3 N–H and O–H groups in total. The predicted molar refractivity (Wildman–Crippen MR) is 106 cm³/mol. The highest BCUT2D eigenvalue weighted by Crippen LogP contribution is 2.19. The van der Waals surface area contributed by atoms with Gasteiger partial charge in [0.1, 0.15) is 18.1 Å². The summed E-state index contributed by atoms with van der Waals surface area (Å²) in [7, 11) is 0. The Hall–Kier alpha value is -3.80. The largest absolute Gasteiger partial charge is 0.489 e. The minimum absolute atomic E-state index is 0.232. The van der Waals surface area contributed by atoms with Crippen LogP contribution in [0.5, 0.6) is 11.5 Å². The Labute approximate surface area is 162 Å². The SMILES string of the molecule is NC(=O)c1ccccc1OCC(=O)Nc1ccc(OCc2ccccc2)cc1. The normalized spacial score (nSPS) is 10.1. The third-order valence-electron chi connectivity index (χ3n) is 3.90. The molecule has 2 amide bonds. The maximum atomic E-state index is 12.1. The van der Waals surface area contributed by atoms with Gasteiger partial charge in [-0.1, -0.05) is 42.5 Å².